The number of hydrogen-bond donors (Lipinski definition) is 1. The summed E-state index contributed by atoms with van der Waals surface area (Å²) in [7, 11) is 0. The SMILES string of the molecule is O=C(Nc1cc(Cl)nc(Cl)c1)N1CCN(c2cnccn2)CC1. The highest BCUT2D eigenvalue weighted by atomic mass is 35.5. The number of hydrogen-bond acceptors (Lipinski definition) is 5. The molecule has 2 aromatic heterocycles. The molecule has 2 amide bonds. The van der Waals surface area contributed by atoms with E-state index >= 15 is 0 Å². The second-order valence-corrected chi connectivity index (χ2v) is 5.74. The molecule has 23 heavy (non-hydrogen) atoms. The standard InChI is InChI=1S/C14H14Cl2N6O/c15-11-7-10(8-12(16)20-11)19-14(23)22-5-3-21(4-6-22)13-9-17-1-2-18-13/h1-2,7-9H,3-6H2,(H,19,20,23). The van der Waals surface area contributed by atoms with E-state index in [1.54, 1.807) is 35.6 Å². The number of halogens is 2. The Morgan fingerprint density at radius 2 is 1.78 bits per heavy atom. The molecule has 1 aliphatic rings. The number of rotatable bonds is 2. The molecule has 0 atom stereocenters. The molecule has 3 heterocycles. The van der Waals surface area contributed by atoms with E-state index in [1.807, 2.05) is 0 Å². The number of carbonyl (C=O) groups is 1. The van der Waals surface area contributed by atoms with Crippen LogP contribution >= 0.6 is 23.2 Å². The summed E-state index contributed by atoms with van der Waals surface area (Å²) >= 11 is 11.7. The van der Waals surface area contributed by atoms with Crippen molar-refractivity contribution in [3.05, 3.63) is 41.0 Å². The van der Waals surface area contributed by atoms with Crippen LogP contribution in [0.1, 0.15) is 0 Å². The van der Waals surface area contributed by atoms with Crippen molar-refractivity contribution in [1.29, 1.82) is 0 Å². The Morgan fingerprint density at radius 3 is 2.39 bits per heavy atom. The predicted molar refractivity (Wildman–Crippen MR) is 89.1 cm³/mol. The Balaban J connectivity index is 1.58. The summed E-state index contributed by atoms with van der Waals surface area (Å²) in [5.74, 6) is 0.820. The van der Waals surface area contributed by atoms with Crippen molar-refractivity contribution >= 4 is 40.7 Å². The topological polar surface area (TPSA) is 74.2 Å². The van der Waals surface area contributed by atoms with Crippen LogP contribution in [0.15, 0.2) is 30.7 Å². The minimum Gasteiger partial charge on any atom is -0.352 e. The molecule has 0 unspecified atom stereocenters. The number of pyridine rings is 1. The zero-order valence-electron chi connectivity index (χ0n) is 12.1. The normalized spacial score (nSPS) is 14.7. The van der Waals surface area contributed by atoms with Crippen molar-refractivity contribution in [3.8, 4) is 0 Å². The van der Waals surface area contributed by atoms with Crippen LogP contribution in [0.2, 0.25) is 10.3 Å². The van der Waals surface area contributed by atoms with E-state index in [0.29, 0.717) is 31.9 Å². The first-order chi connectivity index (χ1) is 11.1. The van der Waals surface area contributed by atoms with E-state index in [-0.39, 0.29) is 16.3 Å². The molecule has 0 saturated carbocycles. The van der Waals surface area contributed by atoms with Gasteiger partial charge in [-0.1, -0.05) is 23.2 Å². The third kappa shape index (κ3) is 4.00. The molecule has 1 N–H and O–H groups in total. The summed E-state index contributed by atoms with van der Waals surface area (Å²) in [5, 5.41) is 3.25. The molecule has 1 fully saturated rings. The molecule has 0 radical (unpaired) electrons. The van der Waals surface area contributed by atoms with Gasteiger partial charge in [0, 0.05) is 44.3 Å². The average molecular weight is 353 g/mol. The molecule has 2 aromatic rings. The lowest BCUT2D eigenvalue weighted by Crippen LogP contribution is -2.50. The molecule has 120 valence electrons. The smallest absolute Gasteiger partial charge is 0.321 e. The van der Waals surface area contributed by atoms with Crippen molar-refractivity contribution < 1.29 is 4.79 Å². The van der Waals surface area contributed by atoms with Crippen LogP contribution in [0.5, 0.6) is 0 Å². The monoisotopic (exact) mass is 352 g/mol. The zero-order chi connectivity index (χ0) is 16.2. The number of nitrogens with zero attached hydrogens (tertiary/aromatic N) is 5. The second-order valence-electron chi connectivity index (χ2n) is 4.97. The number of aromatic nitrogens is 3. The highest BCUT2D eigenvalue weighted by molar-refractivity contribution is 6.32. The fraction of sp³-hybridized carbons (Fsp3) is 0.286. The number of piperazine rings is 1. The van der Waals surface area contributed by atoms with Gasteiger partial charge in [0.05, 0.1) is 6.20 Å². The lowest BCUT2D eigenvalue weighted by molar-refractivity contribution is 0.208. The van der Waals surface area contributed by atoms with Crippen molar-refractivity contribution in [3.63, 3.8) is 0 Å². The summed E-state index contributed by atoms with van der Waals surface area (Å²) in [6.45, 7) is 2.58. The van der Waals surface area contributed by atoms with Gasteiger partial charge in [0.25, 0.3) is 0 Å². The van der Waals surface area contributed by atoms with Gasteiger partial charge in [-0.05, 0) is 12.1 Å². The van der Waals surface area contributed by atoms with E-state index in [2.05, 4.69) is 25.2 Å². The summed E-state index contributed by atoms with van der Waals surface area (Å²) in [6.07, 6.45) is 5.01. The number of carbonyl (C=O) groups excluding carboxylic acids is 1. The molecular weight excluding hydrogens is 339 g/mol. The van der Waals surface area contributed by atoms with E-state index < -0.39 is 0 Å². The van der Waals surface area contributed by atoms with Crippen molar-refractivity contribution in [2.24, 2.45) is 0 Å². The number of amides is 2. The first kappa shape index (κ1) is 15.8. The van der Waals surface area contributed by atoms with E-state index in [4.69, 9.17) is 23.2 Å². The largest absolute Gasteiger partial charge is 0.352 e. The number of urea groups is 1. The van der Waals surface area contributed by atoms with Gasteiger partial charge in [0.2, 0.25) is 0 Å². The third-order valence-corrected chi connectivity index (χ3v) is 3.84. The summed E-state index contributed by atoms with van der Waals surface area (Å²) in [5.41, 5.74) is 0.524. The quantitative estimate of drug-likeness (QED) is 0.840. The molecule has 0 aromatic carbocycles. The first-order valence-electron chi connectivity index (χ1n) is 7.02. The molecular formula is C14H14Cl2N6O. The fourth-order valence-corrected chi connectivity index (χ4v) is 2.79. The molecule has 0 bridgehead atoms. The van der Waals surface area contributed by atoms with Gasteiger partial charge >= 0.3 is 6.03 Å². The lowest BCUT2D eigenvalue weighted by atomic mass is 10.3. The molecule has 3 rings (SSSR count). The first-order valence-corrected chi connectivity index (χ1v) is 7.77. The van der Waals surface area contributed by atoms with Crippen LogP contribution in [0.4, 0.5) is 16.3 Å². The van der Waals surface area contributed by atoms with Crippen LogP contribution in [0.3, 0.4) is 0 Å². The Kier molecular flexibility index (Phi) is 4.78. The average Bonchev–Trinajstić information content (AvgIpc) is 2.55. The van der Waals surface area contributed by atoms with Crippen molar-refractivity contribution in [2.75, 3.05) is 36.4 Å². The molecule has 9 heteroatoms. The summed E-state index contributed by atoms with van der Waals surface area (Å²) < 4.78 is 0. The Morgan fingerprint density at radius 1 is 1.09 bits per heavy atom. The van der Waals surface area contributed by atoms with Gasteiger partial charge in [0.15, 0.2) is 0 Å². The highest BCUT2D eigenvalue weighted by Gasteiger charge is 2.22. The highest BCUT2D eigenvalue weighted by Crippen LogP contribution is 2.19. The number of anilines is 2. The minimum absolute atomic E-state index is 0.192. The van der Waals surface area contributed by atoms with Gasteiger partial charge in [-0.3, -0.25) is 4.98 Å². The van der Waals surface area contributed by atoms with Crippen LogP contribution in [-0.2, 0) is 0 Å². The van der Waals surface area contributed by atoms with E-state index in [0.717, 1.165) is 5.82 Å². The maximum absolute atomic E-state index is 12.3. The Bertz CT molecular complexity index is 671. The predicted octanol–water partition coefficient (Wildman–Crippen LogP) is 2.53. The molecule has 0 spiro atoms. The van der Waals surface area contributed by atoms with Gasteiger partial charge in [-0.2, -0.15) is 0 Å². The van der Waals surface area contributed by atoms with Crippen molar-refractivity contribution in [2.45, 2.75) is 0 Å². The molecule has 1 saturated heterocycles. The molecule has 7 nitrogen and oxygen atoms in total. The lowest BCUT2D eigenvalue weighted by Gasteiger charge is -2.35. The number of nitrogens with one attached hydrogen (secondary N) is 1. The van der Waals surface area contributed by atoms with E-state index in [1.165, 1.54) is 0 Å². The van der Waals surface area contributed by atoms with Gasteiger partial charge in [-0.15, -0.1) is 0 Å². The zero-order valence-corrected chi connectivity index (χ0v) is 13.6. The van der Waals surface area contributed by atoms with Crippen LogP contribution in [-0.4, -0.2) is 52.1 Å². The minimum atomic E-state index is -0.192. The Hall–Kier alpha value is -2.12. The second kappa shape index (κ2) is 6.97. The van der Waals surface area contributed by atoms with Crippen molar-refractivity contribution in [1.82, 2.24) is 19.9 Å². The maximum atomic E-state index is 12.3. The van der Waals surface area contributed by atoms with Crippen LogP contribution in [0.25, 0.3) is 0 Å². The Labute approximate surface area is 143 Å². The summed E-state index contributed by atoms with van der Waals surface area (Å²) in [4.78, 5) is 28.3. The maximum Gasteiger partial charge on any atom is 0.321 e. The molecule has 0 aliphatic carbocycles. The van der Waals surface area contributed by atoms with Gasteiger partial charge in [0.1, 0.15) is 16.1 Å². The van der Waals surface area contributed by atoms with Gasteiger partial charge in [-0.25, -0.2) is 14.8 Å². The van der Waals surface area contributed by atoms with E-state index in [9.17, 15) is 4.79 Å². The fourth-order valence-electron chi connectivity index (χ4n) is 2.33. The van der Waals surface area contributed by atoms with Crippen LogP contribution < -0.4 is 10.2 Å². The molecule has 1 aliphatic heterocycles. The summed E-state index contributed by atoms with van der Waals surface area (Å²) in [6, 6.07) is 2.92. The van der Waals surface area contributed by atoms with Crippen LogP contribution in [0, 0.1) is 0 Å². The van der Waals surface area contributed by atoms with Gasteiger partial charge < -0.3 is 15.1 Å². The third-order valence-electron chi connectivity index (χ3n) is 3.45.